The van der Waals surface area contributed by atoms with E-state index in [1.54, 1.807) is 6.07 Å². The summed E-state index contributed by atoms with van der Waals surface area (Å²) < 4.78 is 4.68. The summed E-state index contributed by atoms with van der Waals surface area (Å²) in [5.74, 6) is 0.136. The zero-order chi connectivity index (χ0) is 11.7. The molecule has 1 aromatic rings. The molecule has 1 fully saturated rings. The lowest BCUT2D eigenvalue weighted by molar-refractivity contribution is 0.0600. The Morgan fingerprint density at radius 2 is 2.19 bits per heavy atom. The molecule has 1 aliphatic carbocycles. The molecule has 0 amide bonds. The Morgan fingerprint density at radius 1 is 1.50 bits per heavy atom. The van der Waals surface area contributed by atoms with E-state index in [4.69, 9.17) is 5.26 Å². The smallest absolute Gasteiger partial charge is 0.338 e. The SMILES string of the molecule is COC(=O)c1cc(C#N)c(C2CC2)cc1C. The zero-order valence-electron chi connectivity index (χ0n) is 9.41. The third kappa shape index (κ3) is 1.79. The van der Waals surface area contributed by atoms with Crippen LogP contribution in [0, 0.1) is 18.3 Å². The maximum absolute atomic E-state index is 11.5. The number of rotatable bonds is 2. The van der Waals surface area contributed by atoms with Crippen molar-refractivity contribution in [2.24, 2.45) is 0 Å². The molecule has 3 heteroatoms. The van der Waals surface area contributed by atoms with Crippen molar-refractivity contribution in [3.05, 3.63) is 34.4 Å². The fourth-order valence-corrected chi connectivity index (χ4v) is 1.89. The van der Waals surface area contributed by atoms with Crippen molar-refractivity contribution in [2.75, 3.05) is 7.11 Å². The molecule has 0 aromatic heterocycles. The number of nitrogens with zero attached hydrogens (tertiary/aromatic N) is 1. The van der Waals surface area contributed by atoms with E-state index in [1.165, 1.54) is 7.11 Å². The van der Waals surface area contributed by atoms with Gasteiger partial charge in [-0.15, -0.1) is 0 Å². The van der Waals surface area contributed by atoms with Crippen LogP contribution in [-0.2, 0) is 4.74 Å². The molecule has 82 valence electrons. The molecule has 3 nitrogen and oxygen atoms in total. The topological polar surface area (TPSA) is 50.1 Å². The number of benzene rings is 1. The van der Waals surface area contributed by atoms with Crippen LogP contribution >= 0.6 is 0 Å². The largest absolute Gasteiger partial charge is 0.465 e. The van der Waals surface area contributed by atoms with Gasteiger partial charge in [0.05, 0.1) is 24.3 Å². The summed E-state index contributed by atoms with van der Waals surface area (Å²) >= 11 is 0. The van der Waals surface area contributed by atoms with Gasteiger partial charge in [-0.1, -0.05) is 6.07 Å². The van der Waals surface area contributed by atoms with Gasteiger partial charge < -0.3 is 4.74 Å². The third-order valence-corrected chi connectivity index (χ3v) is 2.94. The second kappa shape index (κ2) is 3.97. The molecule has 0 spiro atoms. The molecule has 0 bridgehead atoms. The first-order valence-corrected chi connectivity index (χ1v) is 5.30. The minimum atomic E-state index is -0.378. The molecule has 0 heterocycles. The van der Waals surface area contributed by atoms with Gasteiger partial charge in [-0.25, -0.2) is 4.79 Å². The standard InChI is InChI=1S/C13H13NO2/c1-8-5-12(9-3-4-9)10(7-14)6-11(8)13(15)16-2/h5-6,9H,3-4H2,1-2H3. The average Bonchev–Trinajstić information content (AvgIpc) is 3.11. The number of hydrogen-bond donors (Lipinski definition) is 0. The Labute approximate surface area is 94.6 Å². The summed E-state index contributed by atoms with van der Waals surface area (Å²) in [6, 6.07) is 5.75. The number of ether oxygens (including phenoxy) is 1. The van der Waals surface area contributed by atoms with Crippen molar-refractivity contribution in [1.29, 1.82) is 5.26 Å². The van der Waals surface area contributed by atoms with Crippen molar-refractivity contribution in [3.8, 4) is 6.07 Å². The number of hydrogen-bond acceptors (Lipinski definition) is 3. The molecule has 16 heavy (non-hydrogen) atoms. The Morgan fingerprint density at radius 3 is 2.69 bits per heavy atom. The van der Waals surface area contributed by atoms with Crippen LogP contribution in [0.4, 0.5) is 0 Å². The fraction of sp³-hybridized carbons (Fsp3) is 0.385. The number of esters is 1. The van der Waals surface area contributed by atoms with Gasteiger partial charge in [0.15, 0.2) is 0 Å². The lowest BCUT2D eigenvalue weighted by Crippen LogP contribution is -2.05. The minimum Gasteiger partial charge on any atom is -0.465 e. The second-order valence-electron chi connectivity index (χ2n) is 4.13. The summed E-state index contributed by atoms with van der Waals surface area (Å²) in [5.41, 5.74) is 3.05. The molecule has 0 unspecified atom stereocenters. The first kappa shape index (κ1) is 10.7. The van der Waals surface area contributed by atoms with Gasteiger partial charge in [0.25, 0.3) is 0 Å². The molecule has 2 rings (SSSR count). The molecule has 0 aliphatic heterocycles. The van der Waals surface area contributed by atoms with E-state index in [-0.39, 0.29) is 5.97 Å². The van der Waals surface area contributed by atoms with Gasteiger partial charge in [-0.05, 0) is 42.9 Å². The quantitative estimate of drug-likeness (QED) is 0.712. The van der Waals surface area contributed by atoms with E-state index >= 15 is 0 Å². The van der Waals surface area contributed by atoms with Gasteiger partial charge in [-0.3, -0.25) is 0 Å². The molecular weight excluding hydrogens is 202 g/mol. The third-order valence-electron chi connectivity index (χ3n) is 2.94. The Balaban J connectivity index is 2.50. The molecule has 0 atom stereocenters. The maximum atomic E-state index is 11.5. The van der Waals surface area contributed by atoms with Crippen LogP contribution in [0.3, 0.4) is 0 Å². The average molecular weight is 215 g/mol. The summed E-state index contributed by atoms with van der Waals surface area (Å²) in [6.07, 6.45) is 2.29. The van der Waals surface area contributed by atoms with E-state index in [9.17, 15) is 4.79 Å². The number of carbonyl (C=O) groups is 1. The molecule has 1 saturated carbocycles. The van der Waals surface area contributed by atoms with E-state index in [2.05, 4.69) is 10.8 Å². The summed E-state index contributed by atoms with van der Waals surface area (Å²) in [4.78, 5) is 11.5. The second-order valence-corrected chi connectivity index (χ2v) is 4.13. The van der Waals surface area contributed by atoms with Crippen LogP contribution in [0.15, 0.2) is 12.1 Å². The molecule has 0 radical (unpaired) electrons. The van der Waals surface area contributed by atoms with Gasteiger partial charge in [0.1, 0.15) is 0 Å². The molecule has 0 saturated heterocycles. The van der Waals surface area contributed by atoms with E-state index in [1.807, 2.05) is 13.0 Å². The van der Waals surface area contributed by atoms with Crippen molar-refractivity contribution < 1.29 is 9.53 Å². The Kier molecular flexibility index (Phi) is 2.66. The van der Waals surface area contributed by atoms with Crippen LogP contribution in [-0.4, -0.2) is 13.1 Å². The van der Waals surface area contributed by atoms with Crippen LogP contribution in [0.5, 0.6) is 0 Å². The van der Waals surface area contributed by atoms with Crippen LogP contribution in [0.25, 0.3) is 0 Å². The summed E-state index contributed by atoms with van der Waals surface area (Å²) in [7, 11) is 1.35. The van der Waals surface area contributed by atoms with Crippen molar-refractivity contribution >= 4 is 5.97 Å². The highest BCUT2D eigenvalue weighted by atomic mass is 16.5. The summed E-state index contributed by atoms with van der Waals surface area (Å²) in [5, 5.41) is 9.06. The number of aryl methyl sites for hydroxylation is 1. The monoisotopic (exact) mass is 215 g/mol. The predicted octanol–water partition coefficient (Wildman–Crippen LogP) is 2.53. The number of nitriles is 1. The molecular formula is C13H13NO2. The molecule has 0 N–H and O–H groups in total. The van der Waals surface area contributed by atoms with Gasteiger partial charge in [-0.2, -0.15) is 5.26 Å². The number of methoxy groups -OCH3 is 1. The maximum Gasteiger partial charge on any atom is 0.338 e. The van der Waals surface area contributed by atoms with Crippen LogP contribution < -0.4 is 0 Å². The molecule has 1 aliphatic rings. The highest BCUT2D eigenvalue weighted by Crippen LogP contribution is 2.42. The van der Waals surface area contributed by atoms with Gasteiger partial charge in [0.2, 0.25) is 0 Å². The summed E-state index contributed by atoms with van der Waals surface area (Å²) in [6.45, 7) is 1.87. The van der Waals surface area contributed by atoms with Crippen molar-refractivity contribution in [2.45, 2.75) is 25.7 Å². The minimum absolute atomic E-state index is 0.378. The highest BCUT2D eigenvalue weighted by Gasteiger charge is 2.27. The Bertz CT molecular complexity index is 481. The highest BCUT2D eigenvalue weighted by molar-refractivity contribution is 5.91. The van der Waals surface area contributed by atoms with E-state index < -0.39 is 0 Å². The van der Waals surface area contributed by atoms with Gasteiger partial charge >= 0.3 is 5.97 Å². The van der Waals surface area contributed by atoms with Crippen molar-refractivity contribution in [3.63, 3.8) is 0 Å². The van der Waals surface area contributed by atoms with Crippen LogP contribution in [0.2, 0.25) is 0 Å². The van der Waals surface area contributed by atoms with Crippen molar-refractivity contribution in [1.82, 2.24) is 0 Å². The van der Waals surface area contributed by atoms with Gasteiger partial charge in [0, 0.05) is 0 Å². The fourth-order valence-electron chi connectivity index (χ4n) is 1.89. The molecule has 1 aromatic carbocycles. The number of carbonyl (C=O) groups excluding carboxylic acids is 1. The zero-order valence-corrected chi connectivity index (χ0v) is 9.41. The van der Waals surface area contributed by atoms with Crippen LogP contribution in [0.1, 0.15) is 45.8 Å². The lowest BCUT2D eigenvalue weighted by Gasteiger charge is -2.08. The predicted molar refractivity (Wildman–Crippen MR) is 59.2 cm³/mol. The first-order chi connectivity index (χ1) is 7.67. The Hall–Kier alpha value is -1.82. The van der Waals surface area contributed by atoms with E-state index in [0.717, 1.165) is 24.0 Å². The normalized spacial score (nSPS) is 14.3. The lowest BCUT2D eigenvalue weighted by atomic mass is 9.97. The van der Waals surface area contributed by atoms with E-state index in [0.29, 0.717) is 17.0 Å². The first-order valence-electron chi connectivity index (χ1n) is 5.30.